The van der Waals surface area contributed by atoms with Crippen LogP contribution in [0.2, 0.25) is 0 Å². The first-order chi connectivity index (χ1) is 13.5. The first-order valence-corrected chi connectivity index (χ1v) is 9.24. The lowest BCUT2D eigenvalue weighted by molar-refractivity contribution is -0.120. The van der Waals surface area contributed by atoms with E-state index in [2.05, 4.69) is 34.6 Å². The monoisotopic (exact) mass is 384 g/mol. The second-order valence-corrected chi connectivity index (χ2v) is 6.04. The summed E-state index contributed by atoms with van der Waals surface area (Å²) in [6.45, 7) is 6.17. The van der Waals surface area contributed by atoms with Crippen LogP contribution in [0.5, 0.6) is 0 Å². The van der Waals surface area contributed by atoms with Gasteiger partial charge in [0.2, 0.25) is 5.91 Å². The molecule has 2 N–H and O–H groups in total. The fourth-order valence-electron chi connectivity index (χ4n) is 2.62. The number of anilines is 1. The van der Waals surface area contributed by atoms with Crippen LogP contribution in [-0.4, -0.2) is 37.7 Å². The molecule has 2 aromatic rings. The van der Waals surface area contributed by atoms with Crippen molar-refractivity contribution in [1.29, 1.82) is 0 Å². The number of carbonyl (C=O) groups is 2. The molecule has 0 fully saturated rings. The third-order valence-corrected chi connectivity index (χ3v) is 4.18. The normalized spacial score (nSPS) is 10.7. The number of rotatable bonds is 9. The largest absolute Gasteiger partial charge is 0.372 e. The minimum Gasteiger partial charge on any atom is -0.372 e. The molecule has 0 aliphatic heterocycles. The van der Waals surface area contributed by atoms with E-state index in [0.717, 1.165) is 24.3 Å². The first-order valence-electron chi connectivity index (χ1n) is 9.24. The highest BCUT2D eigenvalue weighted by Crippen LogP contribution is 2.13. The first kappa shape index (κ1) is 21.1. The van der Waals surface area contributed by atoms with Crippen molar-refractivity contribution in [2.45, 2.75) is 20.3 Å². The third-order valence-electron chi connectivity index (χ3n) is 4.18. The summed E-state index contributed by atoms with van der Waals surface area (Å²) in [4.78, 5) is 25.9. The van der Waals surface area contributed by atoms with Gasteiger partial charge in [0.05, 0.1) is 11.8 Å². The van der Waals surface area contributed by atoms with E-state index in [4.69, 9.17) is 0 Å². The number of carbonyl (C=O) groups excluding carboxylic acids is 2. The van der Waals surface area contributed by atoms with Gasteiger partial charge in [-0.05, 0) is 43.7 Å². The summed E-state index contributed by atoms with van der Waals surface area (Å²) in [6.07, 6.45) is 1.60. The van der Waals surface area contributed by atoms with Gasteiger partial charge in [0.15, 0.2) is 0 Å². The van der Waals surface area contributed by atoms with Crippen molar-refractivity contribution in [2.75, 3.05) is 24.5 Å². The molecule has 0 unspecified atom stereocenters. The van der Waals surface area contributed by atoms with Crippen molar-refractivity contribution in [3.8, 4) is 0 Å². The number of nitrogens with zero attached hydrogens (tertiary/aromatic N) is 2. The Labute approximate surface area is 164 Å². The standard InChI is InChI=1S/C21H25FN4O2/c1-3-26(4-2)17-11-9-16(10-12-17)15-24-25-20(27)13-14-23-21(28)18-7-5-6-8-19(18)22/h5-12,15H,3-4,13-14H2,1-2H3,(H,23,28)(H,25,27). The molecule has 0 aliphatic carbocycles. The zero-order valence-electron chi connectivity index (χ0n) is 16.1. The molecular weight excluding hydrogens is 359 g/mol. The third kappa shape index (κ3) is 6.19. The molecule has 0 bridgehead atoms. The van der Waals surface area contributed by atoms with Gasteiger partial charge in [-0.2, -0.15) is 5.10 Å². The fourth-order valence-corrected chi connectivity index (χ4v) is 2.62. The van der Waals surface area contributed by atoms with E-state index in [9.17, 15) is 14.0 Å². The van der Waals surface area contributed by atoms with Crippen molar-refractivity contribution in [1.82, 2.24) is 10.7 Å². The van der Waals surface area contributed by atoms with Crippen LogP contribution in [0.4, 0.5) is 10.1 Å². The number of hydrogen-bond acceptors (Lipinski definition) is 4. The van der Waals surface area contributed by atoms with Gasteiger partial charge < -0.3 is 10.2 Å². The number of nitrogens with one attached hydrogen (secondary N) is 2. The summed E-state index contributed by atoms with van der Waals surface area (Å²) in [5, 5.41) is 6.43. The summed E-state index contributed by atoms with van der Waals surface area (Å²) in [7, 11) is 0. The van der Waals surface area contributed by atoms with Crippen LogP contribution < -0.4 is 15.6 Å². The molecule has 0 heterocycles. The maximum Gasteiger partial charge on any atom is 0.254 e. The molecule has 0 saturated heterocycles. The van der Waals surface area contributed by atoms with Crippen LogP contribution in [0.3, 0.4) is 0 Å². The summed E-state index contributed by atoms with van der Waals surface area (Å²) in [5.74, 6) is -1.49. The van der Waals surface area contributed by atoms with Gasteiger partial charge >= 0.3 is 0 Å². The van der Waals surface area contributed by atoms with Crippen molar-refractivity contribution in [3.63, 3.8) is 0 Å². The van der Waals surface area contributed by atoms with Crippen molar-refractivity contribution in [3.05, 3.63) is 65.5 Å². The van der Waals surface area contributed by atoms with E-state index >= 15 is 0 Å². The van der Waals surface area contributed by atoms with Gasteiger partial charge in [0, 0.05) is 31.7 Å². The summed E-state index contributed by atoms with van der Waals surface area (Å²) in [5.41, 5.74) is 4.36. The Balaban J connectivity index is 1.75. The van der Waals surface area contributed by atoms with Crippen LogP contribution >= 0.6 is 0 Å². The smallest absolute Gasteiger partial charge is 0.254 e. The molecule has 2 rings (SSSR count). The Hall–Kier alpha value is -3.22. The van der Waals surface area contributed by atoms with Gasteiger partial charge in [0.1, 0.15) is 5.82 Å². The summed E-state index contributed by atoms with van der Waals surface area (Å²) >= 11 is 0. The Kier molecular flexibility index (Phi) is 8.14. The Morgan fingerprint density at radius 1 is 1.07 bits per heavy atom. The van der Waals surface area contributed by atoms with Crippen LogP contribution in [-0.2, 0) is 4.79 Å². The average Bonchev–Trinajstić information content (AvgIpc) is 2.70. The zero-order chi connectivity index (χ0) is 20.4. The van der Waals surface area contributed by atoms with Crippen molar-refractivity contribution in [2.24, 2.45) is 5.10 Å². The number of hydrazone groups is 1. The Bertz CT molecular complexity index is 817. The van der Waals surface area contributed by atoms with E-state index in [1.165, 1.54) is 18.2 Å². The van der Waals surface area contributed by atoms with Gasteiger partial charge in [-0.3, -0.25) is 9.59 Å². The Morgan fingerprint density at radius 3 is 2.39 bits per heavy atom. The molecular formula is C21H25FN4O2. The molecule has 0 atom stereocenters. The second kappa shape index (κ2) is 10.8. The number of benzene rings is 2. The van der Waals surface area contributed by atoms with E-state index in [-0.39, 0.29) is 24.4 Å². The van der Waals surface area contributed by atoms with Crippen LogP contribution in [0, 0.1) is 5.82 Å². The molecule has 0 radical (unpaired) electrons. The SMILES string of the molecule is CCN(CC)c1ccc(C=NNC(=O)CCNC(=O)c2ccccc2F)cc1. The lowest BCUT2D eigenvalue weighted by atomic mass is 10.2. The zero-order valence-corrected chi connectivity index (χ0v) is 16.1. The minimum absolute atomic E-state index is 0.0401. The quantitative estimate of drug-likeness (QED) is 0.516. The minimum atomic E-state index is -0.596. The van der Waals surface area contributed by atoms with E-state index in [1.54, 1.807) is 12.3 Å². The topological polar surface area (TPSA) is 73.8 Å². The predicted octanol–water partition coefficient (Wildman–Crippen LogP) is 2.94. The molecule has 148 valence electrons. The maximum absolute atomic E-state index is 13.5. The van der Waals surface area contributed by atoms with E-state index in [1.807, 2.05) is 24.3 Å². The average molecular weight is 384 g/mol. The van der Waals surface area contributed by atoms with Gasteiger partial charge in [-0.15, -0.1) is 0 Å². The van der Waals surface area contributed by atoms with Gasteiger partial charge in [-0.1, -0.05) is 24.3 Å². The highest BCUT2D eigenvalue weighted by atomic mass is 19.1. The van der Waals surface area contributed by atoms with Crippen LogP contribution in [0.1, 0.15) is 36.2 Å². The predicted molar refractivity (Wildman–Crippen MR) is 109 cm³/mol. The molecule has 7 heteroatoms. The highest BCUT2D eigenvalue weighted by Gasteiger charge is 2.10. The van der Waals surface area contributed by atoms with Crippen molar-refractivity contribution >= 4 is 23.7 Å². The lowest BCUT2D eigenvalue weighted by Gasteiger charge is -2.20. The number of hydrogen-bond donors (Lipinski definition) is 2. The van der Waals surface area contributed by atoms with E-state index < -0.39 is 11.7 Å². The Morgan fingerprint density at radius 2 is 1.75 bits per heavy atom. The summed E-state index contributed by atoms with van der Waals surface area (Å²) < 4.78 is 13.5. The number of amides is 2. The maximum atomic E-state index is 13.5. The van der Waals surface area contributed by atoms with Crippen molar-refractivity contribution < 1.29 is 14.0 Å². The number of halogens is 1. The molecule has 2 aromatic carbocycles. The molecule has 2 amide bonds. The van der Waals surface area contributed by atoms with Crippen LogP contribution in [0.25, 0.3) is 0 Å². The molecule has 0 aromatic heterocycles. The van der Waals surface area contributed by atoms with Gasteiger partial charge in [-0.25, -0.2) is 9.82 Å². The lowest BCUT2D eigenvalue weighted by Crippen LogP contribution is -2.29. The highest BCUT2D eigenvalue weighted by molar-refractivity contribution is 5.94. The summed E-state index contributed by atoms with van der Waals surface area (Å²) in [6, 6.07) is 13.6. The van der Waals surface area contributed by atoms with Crippen LogP contribution in [0.15, 0.2) is 53.6 Å². The second-order valence-electron chi connectivity index (χ2n) is 6.04. The molecule has 0 saturated carbocycles. The fraction of sp³-hybridized carbons (Fsp3) is 0.286. The molecule has 6 nitrogen and oxygen atoms in total. The van der Waals surface area contributed by atoms with E-state index in [0.29, 0.717) is 0 Å². The molecule has 0 spiro atoms. The van der Waals surface area contributed by atoms with Gasteiger partial charge in [0.25, 0.3) is 5.91 Å². The molecule has 0 aliphatic rings. The molecule has 28 heavy (non-hydrogen) atoms.